The maximum absolute atomic E-state index is 5.25. The third-order valence-corrected chi connectivity index (χ3v) is 4.21. The second-order valence-corrected chi connectivity index (χ2v) is 5.73. The second-order valence-electron chi connectivity index (χ2n) is 5.73. The highest BCUT2D eigenvalue weighted by Gasteiger charge is 2.32. The first kappa shape index (κ1) is 14.5. The smallest absolute Gasteiger partial charge is 0.0589 e. The van der Waals surface area contributed by atoms with Crippen LogP contribution in [0.2, 0.25) is 0 Å². The number of hydrogen-bond acceptors (Lipinski definition) is 3. The van der Waals surface area contributed by atoms with Gasteiger partial charge in [-0.25, -0.2) is 0 Å². The molecule has 3 nitrogen and oxygen atoms in total. The van der Waals surface area contributed by atoms with Crippen molar-refractivity contribution in [3.05, 3.63) is 35.9 Å². The Balaban J connectivity index is 2.16. The molecule has 2 atom stereocenters. The molecule has 1 aliphatic rings. The Labute approximate surface area is 116 Å². The van der Waals surface area contributed by atoms with E-state index >= 15 is 0 Å². The van der Waals surface area contributed by atoms with Gasteiger partial charge in [-0.05, 0) is 32.4 Å². The minimum absolute atomic E-state index is 0.0275. The zero-order chi connectivity index (χ0) is 13.7. The first-order valence-corrected chi connectivity index (χ1v) is 7.19. The Kier molecular flexibility index (Phi) is 4.97. The van der Waals surface area contributed by atoms with Crippen LogP contribution in [0.15, 0.2) is 30.3 Å². The molecule has 1 aromatic rings. The van der Waals surface area contributed by atoms with Gasteiger partial charge in [0.2, 0.25) is 0 Å². The number of hydrogen-bond donors (Lipinski definition) is 1. The summed E-state index contributed by atoms with van der Waals surface area (Å²) >= 11 is 0. The van der Waals surface area contributed by atoms with Crippen LogP contribution in [0.1, 0.15) is 25.8 Å². The number of nitrogens with one attached hydrogen (secondary N) is 1. The largest absolute Gasteiger partial charge is 0.383 e. The molecule has 0 saturated carbocycles. The van der Waals surface area contributed by atoms with Gasteiger partial charge in [0.25, 0.3) is 0 Å². The minimum Gasteiger partial charge on any atom is -0.383 e. The van der Waals surface area contributed by atoms with Crippen molar-refractivity contribution in [2.75, 3.05) is 33.4 Å². The average molecular weight is 262 g/mol. The van der Waals surface area contributed by atoms with E-state index in [1.165, 1.54) is 12.0 Å². The maximum atomic E-state index is 5.25. The van der Waals surface area contributed by atoms with E-state index in [9.17, 15) is 0 Å². The number of methoxy groups -OCH3 is 1. The molecule has 3 heteroatoms. The highest BCUT2D eigenvalue weighted by Crippen LogP contribution is 2.25. The third kappa shape index (κ3) is 3.56. The van der Waals surface area contributed by atoms with Crippen molar-refractivity contribution in [1.82, 2.24) is 10.2 Å². The zero-order valence-electron chi connectivity index (χ0n) is 12.4. The van der Waals surface area contributed by atoms with Crippen LogP contribution >= 0.6 is 0 Å². The molecule has 0 amide bonds. The molecule has 1 aliphatic heterocycles. The van der Waals surface area contributed by atoms with Gasteiger partial charge in [0.05, 0.1) is 12.1 Å². The fourth-order valence-electron chi connectivity index (χ4n) is 2.86. The summed E-state index contributed by atoms with van der Waals surface area (Å²) in [7, 11) is 1.77. The zero-order valence-corrected chi connectivity index (χ0v) is 12.4. The van der Waals surface area contributed by atoms with Crippen molar-refractivity contribution in [2.24, 2.45) is 0 Å². The van der Waals surface area contributed by atoms with Crippen molar-refractivity contribution < 1.29 is 4.74 Å². The average Bonchev–Trinajstić information content (AvgIpc) is 2.58. The van der Waals surface area contributed by atoms with E-state index in [4.69, 9.17) is 4.74 Å². The summed E-state index contributed by atoms with van der Waals surface area (Å²) in [6.07, 6.45) is 1.19. The van der Waals surface area contributed by atoms with E-state index in [-0.39, 0.29) is 5.54 Å². The van der Waals surface area contributed by atoms with Crippen molar-refractivity contribution in [3.63, 3.8) is 0 Å². The summed E-state index contributed by atoms with van der Waals surface area (Å²) in [5, 5.41) is 3.73. The van der Waals surface area contributed by atoms with Gasteiger partial charge < -0.3 is 10.1 Å². The predicted octanol–water partition coefficient (Wildman–Crippen LogP) is 2.23. The monoisotopic (exact) mass is 262 g/mol. The Morgan fingerprint density at radius 3 is 2.79 bits per heavy atom. The minimum atomic E-state index is 0.0275. The molecule has 1 aromatic carbocycles. The molecule has 0 aliphatic carbocycles. The van der Waals surface area contributed by atoms with Gasteiger partial charge in [-0.2, -0.15) is 0 Å². The van der Waals surface area contributed by atoms with Crippen LogP contribution in [-0.2, 0) is 10.3 Å². The molecule has 1 saturated heterocycles. The number of ether oxygens (including phenoxy) is 1. The van der Waals surface area contributed by atoms with Gasteiger partial charge in [-0.3, -0.25) is 4.90 Å². The van der Waals surface area contributed by atoms with Crippen molar-refractivity contribution in [2.45, 2.75) is 31.8 Å². The lowest BCUT2D eigenvalue weighted by atomic mass is 9.91. The highest BCUT2D eigenvalue weighted by atomic mass is 16.5. The Bertz CT molecular complexity index is 382. The first-order valence-electron chi connectivity index (χ1n) is 7.19. The number of benzene rings is 1. The van der Waals surface area contributed by atoms with Gasteiger partial charge in [0.1, 0.15) is 0 Å². The van der Waals surface area contributed by atoms with Gasteiger partial charge in [0.15, 0.2) is 0 Å². The molecule has 0 aromatic heterocycles. The van der Waals surface area contributed by atoms with Gasteiger partial charge >= 0.3 is 0 Å². The molecule has 2 unspecified atom stereocenters. The van der Waals surface area contributed by atoms with Crippen LogP contribution in [0.3, 0.4) is 0 Å². The maximum Gasteiger partial charge on any atom is 0.0589 e. The van der Waals surface area contributed by atoms with Crippen molar-refractivity contribution >= 4 is 0 Å². The van der Waals surface area contributed by atoms with Crippen molar-refractivity contribution in [3.8, 4) is 0 Å². The fraction of sp³-hybridized carbons (Fsp3) is 0.625. The molecule has 1 heterocycles. The highest BCUT2D eigenvalue weighted by molar-refractivity contribution is 5.24. The summed E-state index contributed by atoms with van der Waals surface area (Å²) in [5.41, 5.74) is 1.39. The fourth-order valence-corrected chi connectivity index (χ4v) is 2.86. The molecular formula is C16H26N2O. The lowest BCUT2D eigenvalue weighted by molar-refractivity contribution is 0.111. The number of rotatable bonds is 4. The van der Waals surface area contributed by atoms with E-state index in [1.54, 1.807) is 7.11 Å². The molecular weight excluding hydrogens is 236 g/mol. The molecule has 106 valence electrons. The van der Waals surface area contributed by atoms with E-state index < -0.39 is 0 Å². The Hall–Kier alpha value is -0.900. The molecule has 1 fully saturated rings. The Morgan fingerprint density at radius 2 is 2.11 bits per heavy atom. The lowest BCUT2D eigenvalue weighted by Gasteiger charge is -2.35. The lowest BCUT2D eigenvalue weighted by Crippen LogP contribution is -2.48. The molecule has 2 rings (SSSR count). The van der Waals surface area contributed by atoms with Crippen LogP contribution < -0.4 is 5.32 Å². The standard InChI is InChI=1S/C16H26N2O/c1-14-9-10-17-16(2,13-18(14)11-12-19-3)15-7-5-4-6-8-15/h4-8,14,17H,9-13H2,1-3H3. The van der Waals surface area contributed by atoms with Gasteiger partial charge in [-0.15, -0.1) is 0 Å². The normalized spacial score (nSPS) is 29.1. The van der Waals surface area contributed by atoms with Crippen LogP contribution in [0.5, 0.6) is 0 Å². The predicted molar refractivity (Wildman–Crippen MR) is 79.3 cm³/mol. The topological polar surface area (TPSA) is 24.5 Å². The van der Waals surface area contributed by atoms with Gasteiger partial charge in [0, 0.05) is 26.2 Å². The summed E-state index contributed by atoms with van der Waals surface area (Å²) in [6.45, 7) is 8.52. The molecule has 1 N–H and O–H groups in total. The third-order valence-electron chi connectivity index (χ3n) is 4.21. The summed E-state index contributed by atoms with van der Waals surface area (Å²) in [5.74, 6) is 0. The molecule has 0 bridgehead atoms. The molecule has 19 heavy (non-hydrogen) atoms. The summed E-state index contributed by atoms with van der Waals surface area (Å²) < 4.78 is 5.25. The van der Waals surface area contributed by atoms with E-state index in [2.05, 4.69) is 54.4 Å². The quantitative estimate of drug-likeness (QED) is 0.900. The van der Waals surface area contributed by atoms with Crippen LogP contribution in [-0.4, -0.2) is 44.3 Å². The van der Waals surface area contributed by atoms with Gasteiger partial charge in [-0.1, -0.05) is 30.3 Å². The Morgan fingerprint density at radius 1 is 1.37 bits per heavy atom. The summed E-state index contributed by atoms with van der Waals surface area (Å²) in [4.78, 5) is 2.54. The SMILES string of the molecule is COCCN1CC(C)(c2ccccc2)NCCC1C. The van der Waals surface area contributed by atoms with E-state index in [1.807, 2.05) is 0 Å². The first-order chi connectivity index (χ1) is 9.15. The van der Waals surface area contributed by atoms with E-state index in [0.29, 0.717) is 6.04 Å². The summed E-state index contributed by atoms with van der Waals surface area (Å²) in [6, 6.07) is 11.4. The van der Waals surface area contributed by atoms with Crippen LogP contribution in [0, 0.1) is 0 Å². The van der Waals surface area contributed by atoms with Crippen molar-refractivity contribution in [1.29, 1.82) is 0 Å². The molecule has 0 spiro atoms. The van der Waals surface area contributed by atoms with Crippen LogP contribution in [0.4, 0.5) is 0 Å². The van der Waals surface area contributed by atoms with Crippen LogP contribution in [0.25, 0.3) is 0 Å². The number of nitrogens with zero attached hydrogens (tertiary/aromatic N) is 1. The second kappa shape index (κ2) is 6.51. The van der Waals surface area contributed by atoms with E-state index in [0.717, 1.165) is 26.2 Å². The molecule has 0 radical (unpaired) electrons.